The van der Waals surface area contributed by atoms with E-state index in [2.05, 4.69) is 15.6 Å². The number of benzene rings is 2. The van der Waals surface area contributed by atoms with Crippen LogP contribution >= 0.6 is 0 Å². The predicted molar refractivity (Wildman–Crippen MR) is 92.5 cm³/mol. The standard InChI is InChI=1S/C19H18N4O2/c1-12-5-4-7-14(9-12)23-11-16(21-22-23)19(25)20-18-15-8-3-2-6-13(15)10-17(18)24/h2-9,11,17-18,24H,10H2,1H3,(H,20,25)/t17-,18+/m0/s1. The molecule has 1 aromatic heterocycles. The summed E-state index contributed by atoms with van der Waals surface area (Å²) in [4.78, 5) is 12.5. The number of carbonyl (C=O) groups excluding carboxylic acids is 1. The van der Waals surface area contributed by atoms with E-state index in [4.69, 9.17) is 0 Å². The number of nitrogens with one attached hydrogen (secondary N) is 1. The Bertz CT molecular complexity index is 934. The highest BCUT2D eigenvalue weighted by Crippen LogP contribution is 2.31. The number of hydrogen-bond donors (Lipinski definition) is 2. The lowest BCUT2D eigenvalue weighted by molar-refractivity contribution is 0.0853. The van der Waals surface area contributed by atoms with Gasteiger partial charge in [-0.1, -0.05) is 41.6 Å². The number of nitrogens with zero attached hydrogens (tertiary/aromatic N) is 3. The maximum atomic E-state index is 12.5. The topological polar surface area (TPSA) is 80.0 Å². The van der Waals surface area contributed by atoms with E-state index < -0.39 is 12.1 Å². The highest BCUT2D eigenvalue weighted by molar-refractivity contribution is 5.92. The molecule has 0 saturated heterocycles. The van der Waals surface area contributed by atoms with Gasteiger partial charge >= 0.3 is 0 Å². The maximum absolute atomic E-state index is 12.5. The maximum Gasteiger partial charge on any atom is 0.274 e. The van der Waals surface area contributed by atoms with Gasteiger partial charge in [-0.05, 0) is 35.7 Å². The van der Waals surface area contributed by atoms with Gasteiger partial charge in [0, 0.05) is 6.42 Å². The van der Waals surface area contributed by atoms with Crippen molar-refractivity contribution >= 4 is 5.91 Å². The van der Waals surface area contributed by atoms with Gasteiger partial charge in [-0.3, -0.25) is 4.79 Å². The van der Waals surface area contributed by atoms with Crippen LogP contribution in [0.3, 0.4) is 0 Å². The summed E-state index contributed by atoms with van der Waals surface area (Å²) in [5, 5.41) is 21.1. The lowest BCUT2D eigenvalue weighted by Gasteiger charge is -2.16. The van der Waals surface area contributed by atoms with Crippen LogP contribution in [0.1, 0.15) is 33.2 Å². The first-order valence-corrected chi connectivity index (χ1v) is 8.18. The second kappa shape index (κ2) is 6.14. The molecule has 1 aliphatic carbocycles. The SMILES string of the molecule is Cc1cccc(-n2cc(C(=O)N[C@@H]3c4ccccc4C[C@@H]3O)nn2)c1. The molecule has 3 aromatic rings. The molecular formula is C19H18N4O2. The lowest BCUT2D eigenvalue weighted by Crippen LogP contribution is -2.34. The van der Waals surface area contributed by atoms with Crippen molar-refractivity contribution in [2.24, 2.45) is 0 Å². The molecule has 6 heteroatoms. The first kappa shape index (κ1) is 15.5. The monoisotopic (exact) mass is 334 g/mol. The highest BCUT2D eigenvalue weighted by Gasteiger charge is 2.32. The molecule has 25 heavy (non-hydrogen) atoms. The van der Waals surface area contributed by atoms with Crippen LogP contribution in [0.4, 0.5) is 0 Å². The Hall–Kier alpha value is -2.99. The first-order chi connectivity index (χ1) is 12.1. The third kappa shape index (κ3) is 2.92. The van der Waals surface area contributed by atoms with Crippen molar-refractivity contribution in [1.82, 2.24) is 20.3 Å². The number of aryl methyl sites for hydroxylation is 1. The fourth-order valence-corrected chi connectivity index (χ4v) is 3.23. The van der Waals surface area contributed by atoms with Gasteiger partial charge in [-0.2, -0.15) is 0 Å². The van der Waals surface area contributed by atoms with Crippen molar-refractivity contribution in [3.8, 4) is 5.69 Å². The number of rotatable bonds is 3. The van der Waals surface area contributed by atoms with Crippen LogP contribution in [-0.2, 0) is 6.42 Å². The van der Waals surface area contributed by atoms with E-state index in [9.17, 15) is 9.90 Å². The van der Waals surface area contributed by atoms with Gasteiger partial charge in [-0.25, -0.2) is 4.68 Å². The Kier molecular flexibility index (Phi) is 3.82. The van der Waals surface area contributed by atoms with E-state index in [1.165, 1.54) is 0 Å². The summed E-state index contributed by atoms with van der Waals surface area (Å²) < 4.78 is 1.57. The zero-order valence-electron chi connectivity index (χ0n) is 13.8. The van der Waals surface area contributed by atoms with Gasteiger partial charge in [0.05, 0.1) is 24.0 Å². The van der Waals surface area contributed by atoms with Crippen LogP contribution in [0.2, 0.25) is 0 Å². The van der Waals surface area contributed by atoms with Gasteiger partial charge in [0.2, 0.25) is 0 Å². The molecule has 0 aliphatic heterocycles. The number of aromatic nitrogens is 3. The number of amides is 1. The molecule has 1 heterocycles. The van der Waals surface area contributed by atoms with Crippen LogP contribution in [0.5, 0.6) is 0 Å². The minimum absolute atomic E-state index is 0.220. The van der Waals surface area contributed by atoms with Crippen molar-refractivity contribution in [3.63, 3.8) is 0 Å². The zero-order chi connectivity index (χ0) is 17.4. The fraction of sp³-hybridized carbons (Fsp3) is 0.211. The molecule has 6 nitrogen and oxygen atoms in total. The molecule has 0 saturated carbocycles. The molecule has 2 aromatic carbocycles. The van der Waals surface area contributed by atoms with Crippen molar-refractivity contribution in [2.75, 3.05) is 0 Å². The van der Waals surface area contributed by atoms with Crippen molar-refractivity contribution in [1.29, 1.82) is 0 Å². The molecular weight excluding hydrogens is 316 g/mol. The lowest BCUT2D eigenvalue weighted by atomic mass is 10.1. The number of aliphatic hydroxyl groups is 1. The molecule has 2 atom stereocenters. The van der Waals surface area contributed by atoms with E-state index in [-0.39, 0.29) is 11.6 Å². The Morgan fingerprint density at radius 2 is 2.08 bits per heavy atom. The summed E-state index contributed by atoms with van der Waals surface area (Å²) in [6.07, 6.45) is 1.50. The highest BCUT2D eigenvalue weighted by atomic mass is 16.3. The molecule has 4 rings (SSSR count). The zero-order valence-corrected chi connectivity index (χ0v) is 13.8. The van der Waals surface area contributed by atoms with Gasteiger partial charge in [-0.15, -0.1) is 5.10 Å². The Morgan fingerprint density at radius 3 is 2.92 bits per heavy atom. The molecule has 126 valence electrons. The number of aliphatic hydroxyl groups excluding tert-OH is 1. The smallest absolute Gasteiger partial charge is 0.274 e. The molecule has 0 bridgehead atoms. The van der Waals surface area contributed by atoms with Crippen LogP contribution in [0.25, 0.3) is 5.69 Å². The predicted octanol–water partition coefficient (Wildman–Crippen LogP) is 1.96. The van der Waals surface area contributed by atoms with Crippen LogP contribution in [-0.4, -0.2) is 32.1 Å². The van der Waals surface area contributed by atoms with Crippen LogP contribution in [0.15, 0.2) is 54.7 Å². The summed E-state index contributed by atoms with van der Waals surface area (Å²) >= 11 is 0. The van der Waals surface area contributed by atoms with Crippen molar-refractivity contribution < 1.29 is 9.90 Å². The first-order valence-electron chi connectivity index (χ1n) is 8.18. The van der Waals surface area contributed by atoms with E-state index in [0.717, 1.165) is 22.4 Å². The van der Waals surface area contributed by atoms with Gasteiger partial charge < -0.3 is 10.4 Å². The minimum Gasteiger partial charge on any atom is -0.390 e. The summed E-state index contributed by atoms with van der Waals surface area (Å²) in [6.45, 7) is 1.99. The Labute approximate surface area is 145 Å². The molecule has 0 radical (unpaired) electrons. The second-order valence-corrected chi connectivity index (χ2v) is 6.31. The summed E-state index contributed by atoms with van der Waals surface area (Å²) in [7, 11) is 0. The second-order valence-electron chi connectivity index (χ2n) is 6.31. The quantitative estimate of drug-likeness (QED) is 0.767. The fourth-order valence-electron chi connectivity index (χ4n) is 3.23. The number of hydrogen-bond acceptors (Lipinski definition) is 4. The average molecular weight is 334 g/mol. The molecule has 0 unspecified atom stereocenters. The summed E-state index contributed by atoms with van der Waals surface area (Å²) in [5.74, 6) is -0.348. The van der Waals surface area contributed by atoms with Crippen molar-refractivity contribution in [2.45, 2.75) is 25.5 Å². The normalized spacial score (nSPS) is 18.8. The van der Waals surface area contributed by atoms with Crippen LogP contribution in [0, 0.1) is 6.92 Å². The van der Waals surface area contributed by atoms with E-state index >= 15 is 0 Å². The van der Waals surface area contributed by atoms with E-state index in [1.54, 1.807) is 10.9 Å². The van der Waals surface area contributed by atoms with Gasteiger partial charge in [0.15, 0.2) is 5.69 Å². The number of fused-ring (bicyclic) bond motifs is 1. The third-order valence-electron chi connectivity index (χ3n) is 4.48. The third-order valence-corrected chi connectivity index (χ3v) is 4.48. The summed E-state index contributed by atoms with van der Waals surface area (Å²) in [5.41, 5.74) is 4.18. The van der Waals surface area contributed by atoms with Gasteiger partial charge in [0.1, 0.15) is 0 Å². The average Bonchev–Trinajstić information content (AvgIpc) is 3.21. The molecule has 1 amide bonds. The van der Waals surface area contributed by atoms with E-state index in [1.807, 2.05) is 55.5 Å². The van der Waals surface area contributed by atoms with E-state index in [0.29, 0.717) is 6.42 Å². The van der Waals surface area contributed by atoms with Gasteiger partial charge in [0.25, 0.3) is 5.91 Å². The summed E-state index contributed by atoms with van der Waals surface area (Å²) in [6, 6.07) is 15.1. The molecule has 0 fully saturated rings. The van der Waals surface area contributed by atoms with Crippen LogP contribution < -0.4 is 5.32 Å². The number of carbonyl (C=O) groups is 1. The largest absolute Gasteiger partial charge is 0.390 e. The minimum atomic E-state index is -0.631. The molecule has 0 spiro atoms. The Morgan fingerprint density at radius 1 is 1.24 bits per heavy atom. The van der Waals surface area contributed by atoms with Crippen molar-refractivity contribution in [3.05, 3.63) is 77.1 Å². The molecule has 1 aliphatic rings. The Balaban J connectivity index is 1.55. The molecule has 2 N–H and O–H groups in total.